The third-order valence-corrected chi connectivity index (χ3v) is 5.24. The lowest BCUT2D eigenvalue weighted by Gasteiger charge is -2.39. The number of amides is 1. The molecule has 2 atom stereocenters. The van der Waals surface area contributed by atoms with Gasteiger partial charge in [0.05, 0.1) is 11.7 Å². The van der Waals surface area contributed by atoms with Gasteiger partial charge in [-0.15, -0.1) is 0 Å². The first-order valence-electron chi connectivity index (χ1n) is 8.28. The van der Waals surface area contributed by atoms with Gasteiger partial charge in [-0.2, -0.15) is 0 Å². The average molecular weight is 280 g/mol. The Hall–Kier alpha value is -0.570. The van der Waals surface area contributed by atoms with E-state index < -0.39 is 0 Å². The lowest BCUT2D eigenvalue weighted by molar-refractivity contribution is -0.137. The monoisotopic (exact) mass is 280 g/mol. The van der Waals surface area contributed by atoms with Gasteiger partial charge in [-0.1, -0.05) is 47.5 Å². The summed E-state index contributed by atoms with van der Waals surface area (Å²) in [4.78, 5) is 15.2. The predicted octanol–water partition coefficient (Wildman–Crippen LogP) is 3.54. The number of nitrogens with zero attached hydrogens (tertiary/aromatic N) is 1. The highest BCUT2D eigenvalue weighted by Crippen LogP contribution is 2.40. The van der Waals surface area contributed by atoms with Gasteiger partial charge in [0.25, 0.3) is 0 Å². The molecule has 2 unspecified atom stereocenters. The van der Waals surface area contributed by atoms with Crippen molar-refractivity contribution in [1.82, 2.24) is 10.2 Å². The molecule has 2 rings (SSSR count). The minimum Gasteiger partial charge on any atom is -0.322 e. The van der Waals surface area contributed by atoms with Crippen LogP contribution in [0.25, 0.3) is 0 Å². The third kappa shape index (κ3) is 2.74. The molecule has 1 aliphatic carbocycles. The Labute approximate surface area is 124 Å². The molecular formula is C17H32N2O. The quantitative estimate of drug-likeness (QED) is 0.857. The van der Waals surface area contributed by atoms with E-state index in [1.165, 1.54) is 12.8 Å². The summed E-state index contributed by atoms with van der Waals surface area (Å²) < 4.78 is 0. The second-order valence-corrected chi connectivity index (χ2v) is 8.33. The Bertz CT molecular complexity index is 364. The molecule has 3 nitrogen and oxygen atoms in total. The summed E-state index contributed by atoms with van der Waals surface area (Å²) in [6, 6.07) is 0.270. The first-order valence-corrected chi connectivity index (χ1v) is 8.28. The fraction of sp³-hybridized carbons (Fsp3) is 0.941. The van der Waals surface area contributed by atoms with Crippen molar-refractivity contribution in [3.8, 4) is 0 Å². The van der Waals surface area contributed by atoms with E-state index in [2.05, 4.69) is 51.8 Å². The van der Waals surface area contributed by atoms with E-state index in [0.29, 0.717) is 11.8 Å². The van der Waals surface area contributed by atoms with Gasteiger partial charge in [0.1, 0.15) is 0 Å². The van der Waals surface area contributed by atoms with Crippen LogP contribution in [0.1, 0.15) is 73.6 Å². The molecule has 0 radical (unpaired) electrons. The van der Waals surface area contributed by atoms with E-state index >= 15 is 0 Å². The lowest BCUT2D eigenvalue weighted by atomic mass is 9.85. The second-order valence-electron chi connectivity index (χ2n) is 8.33. The second kappa shape index (κ2) is 5.32. The molecule has 1 saturated heterocycles. The molecule has 0 aromatic heterocycles. The summed E-state index contributed by atoms with van der Waals surface area (Å²) in [5.74, 6) is 0.967. The number of nitrogens with one attached hydrogen (secondary N) is 1. The van der Waals surface area contributed by atoms with E-state index in [9.17, 15) is 4.79 Å². The maximum absolute atomic E-state index is 13.1. The molecule has 0 bridgehead atoms. The molecule has 1 heterocycles. The Balaban J connectivity index is 2.27. The highest BCUT2D eigenvalue weighted by Gasteiger charge is 2.54. The summed E-state index contributed by atoms with van der Waals surface area (Å²) >= 11 is 0. The predicted molar refractivity (Wildman–Crippen MR) is 83.3 cm³/mol. The number of hydrogen-bond donors (Lipinski definition) is 1. The molecule has 2 fully saturated rings. The first-order chi connectivity index (χ1) is 9.17. The minimum absolute atomic E-state index is 0.122. The minimum atomic E-state index is -0.237. The van der Waals surface area contributed by atoms with Gasteiger partial charge < -0.3 is 4.90 Å². The van der Waals surface area contributed by atoms with Crippen molar-refractivity contribution < 1.29 is 4.79 Å². The zero-order valence-corrected chi connectivity index (χ0v) is 14.1. The van der Waals surface area contributed by atoms with Gasteiger partial charge in [0.15, 0.2) is 0 Å². The summed E-state index contributed by atoms with van der Waals surface area (Å²) in [6.07, 6.45) is 5.68. The van der Waals surface area contributed by atoms with E-state index in [-0.39, 0.29) is 23.2 Å². The summed E-state index contributed by atoms with van der Waals surface area (Å²) in [5.41, 5.74) is -0.115. The Morgan fingerprint density at radius 2 is 1.80 bits per heavy atom. The average Bonchev–Trinajstić information content (AvgIpc) is 2.85. The molecule has 1 amide bonds. The smallest absolute Gasteiger partial charge is 0.244 e. The zero-order chi connectivity index (χ0) is 15.1. The van der Waals surface area contributed by atoms with Crippen LogP contribution < -0.4 is 5.32 Å². The van der Waals surface area contributed by atoms with Gasteiger partial charge in [-0.05, 0) is 37.5 Å². The van der Waals surface area contributed by atoms with Crippen LogP contribution in [0.2, 0.25) is 0 Å². The number of carbonyl (C=O) groups excluding carboxylic acids is 1. The molecule has 20 heavy (non-hydrogen) atoms. The van der Waals surface area contributed by atoms with Crippen LogP contribution in [0, 0.1) is 11.3 Å². The third-order valence-electron chi connectivity index (χ3n) is 5.24. The molecular weight excluding hydrogens is 248 g/mol. The Morgan fingerprint density at radius 3 is 2.25 bits per heavy atom. The maximum atomic E-state index is 13.1. The lowest BCUT2D eigenvalue weighted by Crippen LogP contribution is -2.49. The molecule has 1 saturated carbocycles. The van der Waals surface area contributed by atoms with Crippen LogP contribution in [0.4, 0.5) is 0 Å². The molecule has 3 heteroatoms. The van der Waals surface area contributed by atoms with Crippen LogP contribution in [0.15, 0.2) is 0 Å². The van der Waals surface area contributed by atoms with Crippen LogP contribution in [-0.2, 0) is 4.79 Å². The largest absolute Gasteiger partial charge is 0.322 e. The number of rotatable bonds is 3. The highest BCUT2D eigenvalue weighted by molar-refractivity contribution is 5.89. The molecule has 2 aliphatic rings. The van der Waals surface area contributed by atoms with Crippen molar-refractivity contribution in [2.24, 2.45) is 11.3 Å². The van der Waals surface area contributed by atoms with Crippen molar-refractivity contribution in [3.63, 3.8) is 0 Å². The van der Waals surface area contributed by atoms with Crippen molar-refractivity contribution in [2.45, 2.75) is 91.4 Å². The topological polar surface area (TPSA) is 32.3 Å². The molecule has 116 valence electrons. The first kappa shape index (κ1) is 15.8. The van der Waals surface area contributed by atoms with Crippen molar-refractivity contribution >= 4 is 5.91 Å². The van der Waals surface area contributed by atoms with Crippen LogP contribution in [-0.4, -0.2) is 28.6 Å². The number of hydrogen-bond acceptors (Lipinski definition) is 2. The summed E-state index contributed by atoms with van der Waals surface area (Å²) in [7, 11) is 0. The highest BCUT2D eigenvalue weighted by atomic mass is 16.2. The van der Waals surface area contributed by atoms with Crippen LogP contribution in [0.3, 0.4) is 0 Å². The van der Waals surface area contributed by atoms with Crippen LogP contribution in [0.5, 0.6) is 0 Å². The molecule has 1 aliphatic heterocycles. The molecule has 0 aromatic carbocycles. The Kier molecular flexibility index (Phi) is 4.21. The van der Waals surface area contributed by atoms with Crippen molar-refractivity contribution in [2.75, 3.05) is 0 Å². The summed E-state index contributed by atoms with van der Waals surface area (Å²) in [6.45, 7) is 13.4. The van der Waals surface area contributed by atoms with E-state index in [1.54, 1.807) is 0 Å². The fourth-order valence-corrected chi connectivity index (χ4v) is 3.66. The summed E-state index contributed by atoms with van der Waals surface area (Å²) in [5, 5.41) is 3.73. The van der Waals surface area contributed by atoms with E-state index in [1.807, 2.05) is 0 Å². The SMILES string of the molecule is CC(C)CC1NC2(CCCC2)C(=O)N1C(C)C(C)(C)C. The standard InChI is InChI=1S/C17H32N2O/c1-12(2)11-14-18-17(9-7-8-10-17)15(20)19(14)13(3)16(4,5)6/h12-14,18H,7-11H2,1-6H3. The molecule has 1 spiro atoms. The van der Waals surface area contributed by atoms with Gasteiger partial charge >= 0.3 is 0 Å². The fourth-order valence-electron chi connectivity index (χ4n) is 3.66. The van der Waals surface area contributed by atoms with Gasteiger partial charge in [0.2, 0.25) is 5.91 Å². The van der Waals surface area contributed by atoms with Crippen LogP contribution >= 0.6 is 0 Å². The normalized spacial score (nSPS) is 27.9. The van der Waals surface area contributed by atoms with Gasteiger partial charge in [-0.3, -0.25) is 10.1 Å². The molecule has 1 N–H and O–H groups in total. The molecule has 0 aromatic rings. The van der Waals surface area contributed by atoms with Gasteiger partial charge in [0, 0.05) is 6.04 Å². The van der Waals surface area contributed by atoms with Gasteiger partial charge in [-0.25, -0.2) is 0 Å². The van der Waals surface area contributed by atoms with E-state index in [0.717, 1.165) is 19.3 Å². The Morgan fingerprint density at radius 1 is 1.25 bits per heavy atom. The maximum Gasteiger partial charge on any atom is 0.244 e. The number of carbonyl (C=O) groups is 1. The van der Waals surface area contributed by atoms with Crippen molar-refractivity contribution in [1.29, 1.82) is 0 Å². The van der Waals surface area contributed by atoms with Crippen molar-refractivity contribution in [3.05, 3.63) is 0 Å². The van der Waals surface area contributed by atoms with E-state index in [4.69, 9.17) is 0 Å². The zero-order valence-electron chi connectivity index (χ0n) is 14.1.